The van der Waals surface area contributed by atoms with Gasteiger partial charge in [-0.15, -0.1) is 0 Å². The van der Waals surface area contributed by atoms with Crippen LogP contribution in [0.15, 0.2) is 18.2 Å². The van der Waals surface area contributed by atoms with Crippen LogP contribution >= 0.6 is 0 Å². The molecule has 0 amide bonds. The predicted molar refractivity (Wildman–Crippen MR) is 105 cm³/mol. The monoisotopic (exact) mass is 353 g/mol. The predicted octanol–water partition coefficient (Wildman–Crippen LogP) is 3.95. The van der Waals surface area contributed by atoms with E-state index in [-0.39, 0.29) is 18.3 Å². The molecule has 1 aromatic heterocycles. The third-order valence-electron chi connectivity index (χ3n) is 6.69. The van der Waals surface area contributed by atoms with Crippen molar-refractivity contribution in [2.24, 2.45) is 7.05 Å². The van der Waals surface area contributed by atoms with Crippen molar-refractivity contribution >= 4 is 29.9 Å². The second-order valence-corrected chi connectivity index (χ2v) is 8.82. The molecule has 5 heteroatoms. The van der Waals surface area contributed by atoms with Gasteiger partial charge in [-0.05, 0) is 58.1 Å². The molecule has 1 saturated heterocycles. The van der Waals surface area contributed by atoms with Gasteiger partial charge in [0.15, 0.2) is 0 Å². The number of benzene rings is 1. The van der Waals surface area contributed by atoms with Crippen LogP contribution in [0, 0.1) is 0 Å². The fourth-order valence-corrected chi connectivity index (χ4v) is 4.46. The van der Waals surface area contributed by atoms with Gasteiger partial charge in [0.25, 0.3) is 0 Å². The first kappa shape index (κ1) is 17.8. The van der Waals surface area contributed by atoms with E-state index in [1.807, 2.05) is 12.1 Å². The van der Waals surface area contributed by atoms with Gasteiger partial charge in [0.05, 0.1) is 16.8 Å². The van der Waals surface area contributed by atoms with Crippen LogP contribution in [0.1, 0.15) is 75.2 Å². The maximum atomic E-state index is 11.3. The molecule has 2 fully saturated rings. The van der Waals surface area contributed by atoms with Crippen molar-refractivity contribution in [1.82, 2.24) is 4.57 Å². The molecule has 1 aliphatic carbocycles. The highest BCUT2D eigenvalue weighted by molar-refractivity contribution is 6.62. The molecular formula is C21H28BNO3. The van der Waals surface area contributed by atoms with Crippen LogP contribution in [-0.2, 0) is 16.4 Å². The molecule has 0 unspecified atom stereocenters. The number of nitrogens with zero attached hydrogens (tertiary/aromatic N) is 1. The van der Waals surface area contributed by atoms with Crippen molar-refractivity contribution in [2.75, 3.05) is 0 Å². The summed E-state index contributed by atoms with van der Waals surface area (Å²) >= 11 is 0. The number of aldehydes is 1. The Balaban J connectivity index is 1.91. The molecule has 2 heterocycles. The quantitative estimate of drug-likeness (QED) is 0.620. The van der Waals surface area contributed by atoms with Gasteiger partial charge in [0, 0.05) is 23.5 Å². The Morgan fingerprint density at radius 3 is 2.31 bits per heavy atom. The highest BCUT2D eigenvalue weighted by atomic mass is 16.7. The van der Waals surface area contributed by atoms with E-state index in [1.165, 1.54) is 36.6 Å². The van der Waals surface area contributed by atoms with Gasteiger partial charge in [0.1, 0.15) is 6.29 Å². The maximum Gasteiger partial charge on any atom is 0.512 e. The van der Waals surface area contributed by atoms with Crippen LogP contribution in [0.4, 0.5) is 0 Å². The number of aromatic nitrogens is 1. The Bertz CT molecular complexity index is 846. The Kier molecular flexibility index (Phi) is 4.09. The second kappa shape index (κ2) is 5.96. The molecule has 1 aliphatic heterocycles. The maximum absolute atomic E-state index is 11.3. The van der Waals surface area contributed by atoms with Crippen molar-refractivity contribution in [3.8, 4) is 0 Å². The molecule has 0 atom stereocenters. The van der Waals surface area contributed by atoms with Crippen LogP contribution in [-0.4, -0.2) is 29.2 Å². The minimum atomic E-state index is -0.382. The molecular weight excluding hydrogens is 325 g/mol. The zero-order valence-electron chi connectivity index (χ0n) is 16.5. The highest BCUT2D eigenvalue weighted by Crippen LogP contribution is 2.41. The van der Waals surface area contributed by atoms with Crippen molar-refractivity contribution in [2.45, 2.75) is 70.5 Å². The Hall–Kier alpha value is -1.59. The summed E-state index contributed by atoms with van der Waals surface area (Å²) in [7, 11) is 1.68. The summed E-state index contributed by atoms with van der Waals surface area (Å²) in [5.74, 6) is 0.537. The Morgan fingerprint density at radius 1 is 1.12 bits per heavy atom. The normalized spacial score (nSPS) is 22.4. The molecule has 0 bridgehead atoms. The number of aryl methyl sites for hydroxylation is 1. The minimum Gasteiger partial charge on any atom is -0.398 e. The van der Waals surface area contributed by atoms with E-state index in [4.69, 9.17) is 9.31 Å². The minimum absolute atomic E-state index is 0.366. The summed E-state index contributed by atoms with van der Waals surface area (Å²) in [5.41, 5.74) is 3.53. The fourth-order valence-electron chi connectivity index (χ4n) is 4.46. The molecule has 4 nitrogen and oxygen atoms in total. The summed E-state index contributed by atoms with van der Waals surface area (Å²) in [6.45, 7) is 8.37. The zero-order valence-corrected chi connectivity index (χ0v) is 16.5. The van der Waals surface area contributed by atoms with Crippen LogP contribution in [0.2, 0.25) is 0 Å². The lowest BCUT2D eigenvalue weighted by Crippen LogP contribution is -2.41. The van der Waals surface area contributed by atoms with Crippen LogP contribution in [0.25, 0.3) is 10.9 Å². The van der Waals surface area contributed by atoms with Gasteiger partial charge in [0.2, 0.25) is 0 Å². The number of fused-ring (bicyclic) bond motifs is 1. The first-order valence-corrected chi connectivity index (χ1v) is 9.68. The van der Waals surface area contributed by atoms with Gasteiger partial charge in [-0.1, -0.05) is 25.0 Å². The number of carbonyl (C=O) groups excluding carboxylic acids is 1. The van der Waals surface area contributed by atoms with Crippen molar-refractivity contribution in [1.29, 1.82) is 0 Å². The lowest BCUT2D eigenvalue weighted by Gasteiger charge is -2.32. The standard InChI is InChI=1S/C21H28BNO3/c1-20(2)21(3,4)26-22(25-20)19-18(15-8-6-7-9-15)16-11-10-14(13-24)12-17(16)23(19)5/h10-13,15H,6-9H2,1-5H3. The number of hydrogen-bond donors (Lipinski definition) is 0. The van der Waals surface area contributed by atoms with E-state index in [2.05, 4.69) is 45.4 Å². The Morgan fingerprint density at radius 2 is 1.73 bits per heavy atom. The summed E-state index contributed by atoms with van der Waals surface area (Å²) in [4.78, 5) is 11.3. The third kappa shape index (κ3) is 2.56. The van der Waals surface area contributed by atoms with E-state index in [0.717, 1.165) is 17.4 Å². The highest BCUT2D eigenvalue weighted by Gasteiger charge is 2.53. The average molecular weight is 353 g/mol. The average Bonchev–Trinajstić information content (AvgIpc) is 3.24. The lowest BCUT2D eigenvalue weighted by atomic mass is 9.77. The van der Waals surface area contributed by atoms with E-state index in [0.29, 0.717) is 11.5 Å². The first-order valence-electron chi connectivity index (χ1n) is 9.68. The van der Waals surface area contributed by atoms with Crippen LogP contribution < -0.4 is 5.59 Å². The Labute approximate surface area is 156 Å². The molecule has 1 aromatic carbocycles. The molecule has 2 aliphatic rings. The van der Waals surface area contributed by atoms with Crippen molar-refractivity contribution < 1.29 is 14.1 Å². The largest absolute Gasteiger partial charge is 0.512 e. The first-order chi connectivity index (χ1) is 12.2. The summed E-state index contributed by atoms with van der Waals surface area (Å²) < 4.78 is 15.0. The summed E-state index contributed by atoms with van der Waals surface area (Å²) in [6.07, 6.45) is 5.88. The van der Waals surface area contributed by atoms with E-state index in [1.54, 1.807) is 0 Å². The fraction of sp³-hybridized carbons (Fsp3) is 0.571. The van der Waals surface area contributed by atoms with Crippen molar-refractivity contribution in [3.05, 3.63) is 29.3 Å². The SMILES string of the molecule is Cn1c(B2OC(C)(C)C(C)(C)O2)c(C2CCCC2)c2ccc(C=O)cc21. The summed E-state index contributed by atoms with van der Waals surface area (Å²) in [6, 6.07) is 6.00. The molecule has 0 spiro atoms. The van der Waals surface area contributed by atoms with E-state index < -0.39 is 0 Å². The molecule has 0 radical (unpaired) electrons. The van der Waals surface area contributed by atoms with Crippen LogP contribution in [0.3, 0.4) is 0 Å². The second-order valence-electron chi connectivity index (χ2n) is 8.82. The molecule has 0 N–H and O–H groups in total. The van der Waals surface area contributed by atoms with Gasteiger partial charge in [-0.3, -0.25) is 4.79 Å². The third-order valence-corrected chi connectivity index (χ3v) is 6.69. The molecule has 1 saturated carbocycles. The summed E-state index contributed by atoms with van der Waals surface area (Å²) in [5, 5.41) is 1.23. The number of carbonyl (C=O) groups is 1. The molecule has 138 valence electrons. The molecule has 2 aromatic rings. The zero-order chi connectivity index (χ0) is 18.7. The van der Waals surface area contributed by atoms with E-state index in [9.17, 15) is 4.79 Å². The van der Waals surface area contributed by atoms with Gasteiger partial charge in [-0.25, -0.2) is 0 Å². The van der Waals surface area contributed by atoms with Crippen molar-refractivity contribution in [3.63, 3.8) is 0 Å². The van der Waals surface area contributed by atoms with Gasteiger partial charge >= 0.3 is 7.12 Å². The van der Waals surface area contributed by atoms with E-state index >= 15 is 0 Å². The topological polar surface area (TPSA) is 40.5 Å². The van der Waals surface area contributed by atoms with Gasteiger partial charge in [-0.2, -0.15) is 0 Å². The molecule has 26 heavy (non-hydrogen) atoms. The number of rotatable bonds is 3. The van der Waals surface area contributed by atoms with Gasteiger partial charge < -0.3 is 13.9 Å². The van der Waals surface area contributed by atoms with Crippen LogP contribution in [0.5, 0.6) is 0 Å². The smallest absolute Gasteiger partial charge is 0.398 e. The lowest BCUT2D eigenvalue weighted by molar-refractivity contribution is 0.00578. The molecule has 4 rings (SSSR count). The number of hydrogen-bond acceptors (Lipinski definition) is 3.